The Morgan fingerprint density at radius 2 is 2.25 bits per heavy atom. The Hall–Kier alpha value is -2.97. The molecule has 1 N–H and O–H groups in total. The van der Waals surface area contributed by atoms with Crippen molar-refractivity contribution in [2.24, 2.45) is 0 Å². The standard InChI is InChI=1S/C11H8FN3O5/c1-20-10-3-8(6(12)2-9(10)15(18)19)14-4-7(11(16)17)13-5-14/h2-5H,1H3,(H,16,17). The predicted molar refractivity (Wildman–Crippen MR) is 63.7 cm³/mol. The minimum Gasteiger partial charge on any atom is -0.490 e. The summed E-state index contributed by atoms with van der Waals surface area (Å²) in [4.78, 5) is 24.2. The highest BCUT2D eigenvalue weighted by Crippen LogP contribution is 2.31. The van der Waals surface area contributed by atoms with Gasteiger partial charge in [-0.1, -0.05) is 0 Å². The number of halogens is 1. The lowest BCUT2D eigenvalue weighted by Crippen LogP contribution is -2.01. The van der Waals surface area contributed by atoms with Gasteiger partial charge in [0, 0.05) is 12.3 Å². The molecule has 20 heavy (non-hydrogen) atoms. The number of aromatic carboxylic acids is 1. The molecule has 0 fully saturated rings. The molecule has 0 aliphatic rings. The molecule has 0 spiro atoms. The number of carboxylic acids is 1. The van der Waals surface area contributed by atoms with E-state index in [-0.39, 0.29) is 17.1 Å². The molecule has 1 aromatic carbocycles. The minimum absolute atomic E-state index is 0.104. The second kappa shape index (κ2) is 4.96. The maximum atomic E-state index is 13.9. The molecule has 104 valence electrons. The summed E-state index contributed by atoms with van der Waals surface area (Å²) in [6.45, 7) is 0. The largest absolute Gasteiger partial charge is 0.490 e. The van der Waals surface area contributed by atoms with E-state index in [0.717, 1.165) is 23.2 Å². The molecule has 0 radical (unpaired) electrons. The predicted octanol–water partition coefficient (Wildman–Crippen LogP) is 1.63. The molecule has 8 nitrogen and oxygen atoms in total. The average Bonchev–Trinajstić information content (AvgIpc) is 2.87. The summed E-state index contributed by atoms with van der Waals surface area (Å²) in [6, 6.07) is 1.80. The highest BCUT2D eigenvalue weighted by atomic mass is 19.1. The SMILES string of the molecule is COc1cc(-n2cnc(C(=O)O)c2)c(F)cc1[N+](=O)[O-]. The first-order valence-electron chi connectivity index (χ1n) is 5.23. The first-order chi connectivity index (χ1) is 9.43. The Bertz CT molecular complexity index is 697. The Kier molecular flexibility index (Phi) is 3.34. The van der Waals surface area contributed by atoms with Gasteiger partial charge >= 0.3 is 11.7 Å². The van der Waals surface area contributed by atoms with Crippen LogP contribution in [0.25, 0.3) is 5.69 Å². The molecular weight excluding hydrogens is 273 g/mol. The van der Waals surface area contributed by atoms with E-state index in [2.05, 4.69) is 4.98 Å². The zero-order chi connectivity index (χ0) is 14.9. The molecule has 0 amide bonds. The van der Waals surface area contributed by atoms with Crippen LogP contribution in [-0.4, -0.2) is 32.7 Å². The summed E-state index contributed by atoms with van der Waals surface area (Å²) in [7, 11) is 1.21. The molecular formula is C11H8FN3O5. The van der Waals surface area contributed by atoms with Crippen LogP contribution in [0.1, 0.15) is 10.5 Å². The van der Waals surface area contributed by atoms with Gasteiger partial charge in [0.1, 0.15) is 6.33 Å². The summed E-state index contributed by atoms with van der Waals surface area (Å²) < 4.78 is 19.8. The molecule has 2 rings (SSSR count). The van der Waals surface area contributed by atoms with Gasteiger partial charge in [0.2, 0.25) is 0 Å². The monoisotopic (exact) mass is 281 g/mol. The molecule has 0 bridgehead atoms. The van der Waals surface area contributed by atoms with Crippen molar-refractivity contribution in [1.82, 2.24) is 9.55 Å². The van der Waals surface area contributed by atoms with Crippen LogP contribution < -0.4 is 4.74 Å². The van der Waals surface area contributed by atoms with Gasteiger partial charge in [-0.05, 0) is 0 Å². The smallest absolute Gasteiger partial charge is 0.356 e. The van der Waals surface area contributed by atoms with Gasteiger partial charge in [-0.25, -0.2) is 14.2 Å². The van der Waals surface area contributed by atoms with Crippen molar-refractivity contribution >= 4 is 11.7 Å². The van der Waals surface area contributed by atoms with E-state index in [0.29, 0.717) is 6.07 Å². The van der Waals surface area contributed by atoms with Crippen LogP contribution in [0, 0.1) is 15.9 Å². The van der Waals surface area contributed by atoms with Crippen molar-refractivity contribution < 1.29 is 24.0 Å². The fourth-order valence-electron chi connectivity index (χ4n) is 1.60. The van der Waals surface area contributed by atoms with E-state index in [1.807, 2.05) is 0 Å². The Balaban J connectivity index is 2.56. The zero-order valence-corrected chi connectivity index (χ0v) is 10.1. The van der Waals surface area contributed by atoms with E-state index >= 15 is 0 Å². The van der Waals surface area contributed by atoms with Crippen LogP contribution in [0.15, 0.2) is 24.7 Å². The molecule has 0 unspecified atom stereocenters. The third kappa shape index (κ3) is 2.28. The van der Waals surface area contributed by atoms with Crippen LogP contribution in [0.4, 0.5) is 10.1 Å². The summed E-state index contributed by atoms with van der Waals surface area (Å²) in [5.74, 6) is -2.30. The molecule has 0 saturated carbocycles. The van der Waals surface area contributed by atoms with Gasteiger partial charge in [0.25, 0.3) is 0 Å². The van der Waals surface area contributed by atoms with Gasteiger partial charge < -0.3 is 14.4 Å². The number of aromatic nitrogens is 2. The second-order valence-corrected chi connectivity index (χ2v) is 3.70. The number of imidazole rings is 1. The lowest BCUT2D eigenvalue weighted by molar-refractivity contribution is -0.385. The van der Waals surface area contributed by atoms with Crippen molar-refractivity contribution in [2.45, 2.75) is 0 Å². The first-order valence-corrected chi connectivity index (χ1v) is 5.23. The first kappa shape index (κ1) is 13.5. The molecule has 9 heteroatoms. The third-order valence-corrected chi connectivity index (χ3v) is 2.52. The van der Waals surface area contributed by atoms with Gasteiger partial charge in [-0.2, -0.15) is 0 Å². The summed E-state index contributed by atoms with van der Waals surface area (Å²) in [5, 5.41) is 19.5. The number of nitrogens with zero attached hydrogens (tertiary/aromatic N) is 3. The van der Waals surface area contributed by atoms with Crippen LogP contribution >= 0.6 is 0 Å². The second-order valence-electron chi connectivity index (χ2n) is 3.70. The third-order valence-electron chi connectivity index (χ3n) is 2.52. The highest BCUT2D eigenvalue weighted by Gasteiger charge is 2.20. The van der Waals surface area contributed by atoms with Crippen LogP contribution in [0.2, 0.25) is 0 Å². The number of methoxy groups -OCH3 is 1. The molecule has 0 aliphatic carbocycles. The van der Waals surface area contributed by atoms with E-state index in [1.54, 1.807) is 0 Å². The summed E-state index contributed by atoms with van der Waals surface area (Å²) >= 11 is 0. The van der Waals surface area contributed by atoms with Crippen LogP contribution in [0.3, 0.4) is 0 Å². The summed E-state index contributed by atoms with van der Waals surface area (Å²) in [6.07, 6.45) is 2.18. The van der Waals surface area contributed by atoms with Crippen LogP contribution in [-0.2, 0) is 0 Å². The number of nitro groups is 1. The Labute approximate surface area is 111 Å². The van der Waals surface area contributed by atoms with Crippen molar-refractivity contribution in [3.8, 4) is 11.4 Å². The Morgan fingerprint density at radius 3 is 2.75 bits per heavy atom. The molecule has 0 saturated heterocycles. The van der Waals surface area contributed by atoms with Gasteiger partial charge in [0.15, 0.2) is 17.3 Å². The van der Waals surface area contributed by atoms with E-state index < -0.39 is 22.4 Å². The van der Waals surface area contributed by atoms with Crippen LogP contribution in [0.5, 0.6) is 5.75 Å². The van der Waals surface area contributed by atoms with E-state index in [9.17, 15) is 19.3 Å². The average molecular weight is 281 g/mol. The van der Waals surface area contributed by atoms with Gasteiger partial charge in [-0.15, -0.1) is 0 Å². The lowest BCUT2D eigenvalue weighted by atomic mass is 10.2. The molecule has 1 heterocycles. The van der Waals surface area contributed by atoms with Crippen molar-refractivity contribution in [1.29, 1.82) is 0 Å². The summed E-state index contributed by atoms with van der Waals surface area (Å²) in [5.41, 5.74) is -0.901. The molecule has 0 aliphatic heterocycles. The fourth-order valence-corrected chi connectivity index (χ4v) is 1.60. The Morgan fingerprint density at radius 1 is 1.55 bits per heavy atom. The normalized spacial score (nSPS) is 10.3. The zero-order valence-electron chi connectivity index (χ0n) is 10.1. The lowest BCUT2D eigenvalue weighted by Gasteiger charge is -2.07. The molecule has 1 aromatic heterocycles. The number of benzene rings is 1. The number of hydrogen-bond donors (Lipinski definition) is 1. The molecule has 2 aromatic rings. The van der Waals surface area contributed by atoms with Crippen molar-refractivity contribution in [2.75, 3.05) is 7.11 Å². The van der Waals surface area contributed by atoms with Gasteiger partial charge in [0.05, 0.1) is 23.8 Å². The molecule has 0 atom stereocenters. The quantitative estimate of drug-likeness (QED) is 0.674. The van der Waals surface area contributed by atoms with E-state index in [1.165, 1.54) is 7.11 Å². The highest BCUT2D eigenvalue weighted by molar-refractivity contribution is 5.85. The number of nitro benzene ring substituents is 1. The van der Waals surface area contributed by atoms with Crippen molar-refractivity contribution in [3.63, 3.8) is 0 Å². The number of rotatable bonds is 4. The van der Waals surface area contributed by atoms with E-state index in [4.69, 9.17) is 9.84 Å². The minimum atomic E-state index is -1.27. The number of carbonyl (C=O) groups is 1. The van der Waals surface area contributed by atoms with Gasteiger partial charge in [-0.3, -0.25) is 10.1 Å². The maximum absolute atomic E-state index is 13.9. The number of carboxylic acid groups (broad SMARTS) is 1. The number of ether oxygens (including phenoxy) is 1. The topological polar surface area (TPSA) is 107 Å². The van der Waals surface area contributed by atoms with Crippen molar-refractivity contribution in [3.05, 3.63) is 46.3 Å². The fraction of sp³-hybridized carbons (Fsp3) is 0.0909. The number of hydrogen-bond acceptors (Lipinski definition) is 5. The maximum Gasteiger partial charge on any atom is 0.356 e.